The van der Waals surface area contributed by atoms with Crippen LogP contribution in [0.1, 0.15) is 21.4 Å². The topological polar surface area (TPSA) is 20.2 Å². The van der Waals surface area contributed by atoms with Gasteiger partial charge in [-0.05, 0) is 31.2 Å². The summed E-state index contributed by atoms with van der Waals surface area (Å²) in [5, 5.41) is 10.1. The van der Waals surface area contributed by atoms with Crippen LogP contribution in [0.25, 0.3) is 0 Å². The molecule has 0 fully saturated rings. The fraction of sp³-hybridized carbons (Fsp3) is 0.167. The van der Waals surface area contributed by atoms with Gasteiger partial charge in [-0.2, -0.15) is 0 Å². The predicted molar refractivity (Wildman–Crippen MR) is 67.2 cm³/mol. The lowest BCUT2D eigenvalue weighted by Gasteiger charge is -2.10. The van der Waals surface area contributed by atoms with E-state index in [4.69, 9.17) is 0 Å². The third-order valence-corrected chi connectivity index (χ3v) is 4.03. The fourth-order valence-corrected chi connectivity index (χ4v) is 2.93. The van der Waals surface area contributed by atoms with Gasteiger partial charge in [-0.25, -0.2) is 4.39 Å². The molecular formula is C12H10BrFOS. The van der Waals surface area contributed by atoms with Crippen LogP contribution in [0, 0.1) is 12.7 Å². The second kappa shape index (κ2) is 4.65. The van der Waals surface area contributed by atoms with E-state index in [1.807, 2.05) is 19.1 Å². The number of rotatable bonds is 2. The first-order valence-electron chi connectivity index (χ1n) is 4.77. The minimum atomic E-state index is -0.700. The normalized spacial score (nSPS) is 12.8. The van der Waals surface area contributed by atoms with Crippen molar-refractivity contribution in [3.8, 4) is 0 Å². The van der Waals surface area contributed by atoms with Crippen LogP contribution in [0.3, 0.4) is 0 Å². The second-order valence-corrected chi connectivity index (χ2v) is 5.69. The molecule has 2 aromatic rings. The molecule has 1 atom stereocenters. The summed E-state index contributed by atoms with van der Waals surface area (Å²) in [6, 6.07) is 8.16. The molecule has 1 heterocycles. The maximum atomic E-state index is 12.9. The number of aliphatic hydroxyl groups excluding tert-OH is 1. The van der Waals surface area contributed by atoms with Crippen LogP contribution in [-0.4, -0.2) is 5.11 Å². The van der Waals surface area contributed by atoms with Crippen molar-refractivity contribution in [1.82, 2.24) is 0 Å². The van der Waals surface area contributed by atoms with Crippen molar-refractivity contribution in [3.05, 3.63) is 55.9 Å². The Morgan fingerprint density at radius 3 is 2.62 bits per heavy atom. The van der Waals surface area contributed by atoms with Crippen molar-refractivity contribution < 1.29 is 9.50 Å². The smallest absolute Gasteiger partial charge is 0.124 e. The van der Waals surface area contributed by atoms with E-state index in [2.05, 4.69) is 15.9 Å². The van der Waals surface area contributed by atoms with Crippen LogP contribution in [-0.2, 0) is 0 Å². The van der Waals surface area contributed by atoms with Crippen LogP contribution in [0.4, 0.5) is 4.39 Å². The number of aryl methyl sites for hydroxylation is 1. The Balaban J connectivity index is 2.37. The number of aliphatic hydroxyl groups is 1. The molecule has 1 nitrogen and oxygen atoms in total. The van der Waals surface area contributed by atoms with Gasteiger partial charge < -0.3 is 5.11 Å². The highest BCUT2D eigenvalue weighted by Gasteiger charge is 2.15. The van der Waals surface area contributed by atoms with Crippen LogP contribution in [0.15, 0.2) is 34.8 Å². The zero-order valence-corrected chi connectivity index (χ0v) is 11.0. The van der Waals surface area contributed by atoms with E-state index in [-0.39, 0.29) is 5.82 Å². The molecule has 0 aliphatic heterocycles. The van der Waals surface area contributed by atoms with Gasteiger partial charge in [0, 0.05) is 19.8 Å². The summed E-state index contributed by atoms with van der Waals surface area (Å²) in [5.41, 5.74) is 0.684. The summed E-state index contributed by atoms with van der Waals surface area (Å²) in [4.78, 5) is 2.01. The maximum Gasteiger partial charge on any atom is 0.124 e. The maximum absolute atomic E-state index is 12.9. The first kappa shape index (κ1) is 11.8. The number of thiophene rings is 1. The Morgan fingerprint density at radius 2 is 2.06 bits per heavy atom. The molecule has 2 rings (SSSR count). The first-order chi connectivity index (χ1) is 7.58. The molecule has 0 aliphatic rings. The van der Waals surface area contributed by atoms with Gasteiger partial charge >= 0.3 is 0 Å². The van der Waals surface area contributed by atoms with E-state index in [0.29, 0.717) is 10.0 Å². The van der Waals surface area contributed by atoms with Crippen molar-refractivity contribution >= 4 is 27.3 Å². The van der Waals surface area contributed by atoms with Gasteiger partial charge in [0.25, 0.3) is 0 Å². The van der Waals surface area contributed by atoms with Gasteiger partial charge in [0.15, 0.2) is 0 Å². The summed E-state index contributed by atoms with van der Waals surface area (Å²) in [7, 11) is 0. The SMILES string of the molecule is Cc1ccc(C(O)c2ccc(F)cc2Br)s1. The zero-order valence-electron chi connectivity index (χ0n) is 8.58. The fourth-order valence-electron chi connectivity index (χ4n) is 1.48. The summed E-state index contributed by atoms with van der Waals surface area (Å²) in [6.07, 6.45) is -0.700. The summed E-state index contributed by atoms with van der Waals surface area (Å²) in [5.74, 6) is -0.315. The highest BCUT2D eigenvalue weighted by atomic mass is 79.9. The van der Waals surface area contributed by atoms with Crippen molar-refractivity contribution in [2.75, 3.05) is 0 Å². The number of hydrogen-bond acceptors (Lipinski definition) is 2. The van der Waals surface area contributed by atoms with Gasteiger partial charge in [-0.1, -0.05) is 22.0 Å². The number of benzene rings is 1. The van der Waals surface area contributed by atoms with E-state index < -0.39 is 6.10 Å². The zero-order chi connectivity index (χ0) is 11.7. The molecular weight excluding hydrogens is 291 g/mol. The minimum absolute atomic E-state index is 0.315. The molecule has 16 heavy (non-hydrogen) atoms. The van der Waals surface area contributed by atoms with E-state index in [0.717, 1.165) is 9.75 Å². The molecule has 0 saturated heterocycles. The van der Waals surface area contributed by atoms with Gasteiger partial charge in [-0.15, -0.1) is 11.3 Å². The van der Waals surface area contributed by atoms with Gasteiger partial charge in [0.05, 0.1) is 0 Å². The molecule has 0 aliphatic carbocycles. The molecule has 84 valence electrons. The molecule has 0 amide bonds. The third-order valence-electron chi connectivity index (χ3n) is 2.29. The van der Waals surface area contributed by atoms with Crippen molar-refractivity contribution in [3.63, 3.8) is 0 Å². The number of halogens is 2. The van der Waals surface area contributed by atoms with E-state index in [9.17, 15) is 9.50 Å². The van der Waals surface area contributed by atoms with Crippen LogP contribution < -0.4 is 0 Å². The van der Waals surface area contributed by atoms with Crippen molar-refractivity contribution in [2.24, 2.45) is 0 Å². The van der Waals surface area contributed by atoms with Gasteiger partial charge in [-0.3, -0.25) is 0 Å². The van der Waals surface area contributed by atoms with Crippen LogP contribution in [0.2, 0.25) is 0 Å². The number of hydrogen-bond donors (Lipinski definition) is 1. The lowest BCUT2D eigenvalue weighted by Crippen LogP contribution is -1.98. The predicted octanol–water partition coefficient (Wildman–Crippen LogP) is 4.04. The molecule has 1 aromatic carbocycles. The average molecular weight is 301 g/mol. The summed E-state index contributed by atoms with van der Waals surface area (Å²) in [6.45, 7) is 1.99. The van der Waals surface area contributed by atoms with Gasteiger partial charge in [0.1, 0.15) is 11.9 Å². The summed E-state index contributed by atoms with van der Waals surface area (Å²) >= 11 is 4.80. The Morgan fingerprint density at radius 1 is 1.31 bits per heavy atom. The molecule has 0 bridgehead atoms. The quantitative estimate of drug-likeness (QED) is 0.887. The molecule has 0 radical (unpaired) electrons. The van der Waals surface area contributed by atoms with Crippen molar-refractivity contribution in [2.45, 2.75) is 13.0 Å². The van der Waals surface area contributed by atoms with Gasteiger partial charge in [0.2, 0.25) is 0 Å². The average Bonchev–Trinajstić information content (AvgIpc) is 2.64. The van der Waals surface area contributed by atoms with E-state index >= 15 is 0 Å². The highest BCUT2D eigenvalue weighted by Crippen LogP contribution is 2.32. The largest absolute Gasteiger partial charge is 0.383 e. The molecule has 0 spiro atoms. The lowest BCUT2D eigenvalue weighted by atomic mass is 10.1. The first-order valence-corrected chi connectivity index (χ1v) is 6.38. The molecule has 0 saturated carbocycles. The van der Waals surface area contributed by atoms with Crippen molar-refractivity contribution in [1.29, 1.82) is 0 Å². The molecule has 4 heteroatoms. The third kappa shape index (κ3) is 2.34. The standard InChI is InChI=1S/C12H10BrFOS/c1-7-2-5-11(16-7)12(15)9-4-3-8(14)6-10(9)13/h2-6,12,15H,1H3. The molecule has 1 N–H and O–H groups in total. The second-order valence-electron chi connectivity index (χ2n) is 3.52. The molecule has 1 unspecified atom stereocenters. The summed E-state index contributed by atoms with van der Waals surface area (Å²) < 4.78 is 13.5. The van der Waals surface area contributed by atoms with Crippen LogP contribution in [0.5, 0.6) is 0 Å². The minimum Gasteiger partial charge on any atom is -0.383 e. The lowest BCUT2D eigenvalue weighted by molar-refractivity contribution is 0.223. The van der Waals surface area contributed by atoms with E-state index in [1.54, 1.807) is 6.07 Å². The highest BCUT2D eigenvalue weighted by molar-refractivity contribution is 9.10. The Bertz CT molecular complexity index is 509. The Labute approximate surface area is 106 Å². The van der Waals surface area contributed by atoms with E-state index in [1.165, 1.54) is 23.5 Å². The Hall–Kier alpha value is -0.710. The van der Waals surface area contributed by atoms with Crippen LogP contribution >= 0.6 is 27.3 Å². The monoisotopic (exact) mass is 300 g/mol. The Kier molecular flexibility index (Phi) is 3.42. The molecule has 1 aromatic heterocycles.